The Morgan fingerprint density at radius 1 is 0.930 bits per heavy atom. The Morgan fingerprint density at radius 3 is 2.40 bits per heavy atom. The SMILES string of the molecule is CCCCCCCCCCCCCC(=O)OC1C=C[C@H]2[C@H]3Cc4ccc(OCc5ccccc5)c5c4[C@@]2(CCN3C)C1O5. The van der Waals surface area contributed by atoms with Crippen molar-refractivity contribution in [1.82, 2.24) is 4.90 Å². The van der Waals surface area contributed by atoms with Crippen molar-refractivity contribution in [3.8, 4) is 11.5 Å². The van der Waals surface area contributed by atoms with Gasteiger partial charge in [-0.3, -0.25) is 4.79 Å². The first-order valence-electron chi connectivity index (χ1n) is 17.2. The van der Waals surface area contributed by atoms with Gasteiger partial charge in [-0.25, -0.2) is 0 Å². The van der Waals surface area contributed by atoms with Crippen molar-refractivity contribution >= 4 is 5.97 Å². The van der Waals surface area contributed by atoms with E-state index in [2.05, 4.69) is 55.3 Å². The Kier molecular flexibility index (Phi) is 9.77. The van der Waals surface area contributed by atoms with Gasteiger partial charge in [0.2, 0.25) is 0 Å². The van der Waals surface area contributed by atoms with Crippen LogP contribution in [0.15, 0.2) is 54.6 Å². The van der Waals surface area contributed by atoms with Gasteiger partial charge in [-0.1, -0.05) is 114 Å². The first-order valence-corrected chi connectivity index (χ1v) is 17.2. The zero-order chi connectivity index (χ0) is 29.6. The summed E-state index contributed by atoms with van der Waals surface area (Å²) in [6, 6.07) is 15.0. The average molecular weight is 586 g/mol. The topological polar surface area (TPSA) is 48.0 Å². The lowest BCUT2D eigenvalue weighted by atomic mass is 9.53. The van der Waals surface area contributed by atoms with Crippen LogP contribution in [-0.4, -0.2) is 42.7 Å². The molecule has 0 radical (unpaired) electrons. The second-order valence-electron chi connectivity index (χ2n) is 13.4. The Labute approximate surface area is 259 Å². The van der Waals surface area contributed by atoms with Gasteiger partial charge < -0.3 is 19.1 Å². The standard InChI is InChI=1S/C38H51NO4/c1-3-4-5-6-7-8-9-10-11-12-16-19-34(40)42-33-23-21-30-31-26-29-20-22-32(41-27-28-17-14-13-15-18-28)36-35(29)38(30,37(33)43-36)24-25-39(31)2/h13-15,17-18,20-23,30-31,33,37H,3-12,16,19,24-27H2,1-2H3/t30-,31+,33?,37?,38-/m0/s1. The zero-order valence-electron chi connectivity index (χ0n) is 26.4. The molecule has 232 valence electrons. The maximum Gasteiger partial charge on any atom is 0.306 e. The Morgan fingerprint density at radius 2 is 1.65 bits per heavy atom. The van der Waals surface area contributed by atoms with E-state index in [1.54, 1.807) is 0 Å². The molecule has 43 heavy (non-hydrogen) atoms. The van der Waals surface area contributed by atoms with Gasteiger partial charge in [0.05, 0.1) is 0 Å². The number of benzene rings is 2. The fraction of sp³-hybridized carbons (Fsp3) is 0.605. The highest BCUT2D eigenvalue weighted by atomic mass is 16.6. The number of likely N-dealkylation sites (N-methyl/N-ethyl adjacent to an activating group) is 1. The number of carbonyl (C=O) groups is 1. The predicted octanol–water partition coefficient (Wildman–Crippen LogP) is 8.32. The molecule has 5 atom stereocenters. The number of hydrogen-bond donors (Lipinski definition) is 0. The van der Waals surface area contributed by atoms with E-state index in [1.807, 2.05) is 18.2 Å². The molecule has 2 aromatic carbocycles. The number of rotatable bonds is 16. The predicted molar refractivity (Wildman–Crippen MR) is 172 cm³/mol. The number of esters is 1. The first-order chi connectivity index (χ1) is 21.1. The maximum absolute atomic E-state index is 13.1. The van der Waals surface area contributed by atoms with Gasteiger partial charge in [-0.2, -0.15) is 0 Å². The van der Waals surface area contributed by atoms with Crippen molar-refractivity contribution in [2.75, 3.05) is 13.6 Å². The van der Waals surface area contributed by atoms with Crippen molar-refractivity contribution < 1.29 is 19.0 Å². The lowest BCUT2D eigenvalue weighted by Crippen LogP contribution is -2.65. The summed E-state index contributed by atoms with van der Waals surface area (Å²) in [5.74, 6) is 1.92. The number of likely N-dealkylation sites (tertiary alicyclic amines) is 1. The summed E-state index contributed by atoms with van der Waals surface area (Å²) in [7, 11) is 2.25. The molecule has 2 bridgehead atoms. The van der Waals surface area contributed by atoms with E-state index in [0.29, 0.717) is 25.0 Å². The number of nitrogens with zero attached hydrogens (tertiary/aromatic N) is 1. The van der Waals surface area contributed by atoms with E-state index in [1.165, 1.54) is 68.9 Å². The molecule has 6 rings (SSSR count). The summed E-state index contributed by atoms with van der Waals surface area (Å²) in [5.41, 5.74) is 3.63. The average Bonchev–Trinajstić information content (AvgIpc) is 3.38. The zero-order valence-corrected chi connectivity index (χ0v) is 26.4. The van der Waals surface area contributed by atoms with Crippen LogP contribution in [0.3, 0.4) is 0 Å². The maximum atomic E-state index is 13.1. The van der Waals surface area contributed by atoms with Gasteiger partial charge >= 0.3 is 5.97 Å². The quantitative estimate of drug-likeness (QED) is 0.113. The van der Waals surface area contributed by atoms with Gasteiger partial charge in [0.1, 0.15) is 12.7 Å². The fourth-order valence-corrected chi connectivity index (χ4v) is 8.30. The van der Waals surface area contributed by atoms with E-state index in [4.69, 9.17) is 14.2 Å². The third-order valence-corrected chi connectivity index (χ3v) is 10.6. The molecular weight excluding hydrogens is 534 g/mol. The molecule has 2 unspecified atom stereocenters. The van der Waals surface area contributed by atoms with Crippen molar-refractivity contribution in [3.05, 3.63) is 71.3 Å². The van der Waals surface area contributed by atoms with Gasteiger partial charge in [-0.05, 0) is 56.1 Å². The van der Waals surface area contributed by atoms with E-state index >= 15 is 0 Å². The van der Waals surface area contributed by atoms with Crippen LogP contribution in [0.4, 0.5) is 0 Å². The van der Waals surface area contributed by atoms with Crippen molar-refractivity contribution in [1.29, 1.82) is 0 Å². The summed E-state index contributed by atoms with van der Waals surface area (Å²) in [5, 5.41) is 0. The van der Waals surface area contributed by atoms with Crippen LogP contribution in [0.25, 0.3) is 0 Å². The van der Waals surface area contributed by atoms with Crippen LogP contribution in [0.2, 0.25) is 0 Å². The molecule has 0 aromatic heterocycles. The van der Waals surface area contributed by atoms with Crippen molar-refractivity contribution in [2.45, 2.75) is 127 Å². The minimum Gasteiger partial charge on any atom is -0.485 e. The smallest absolute Gasteiger partial charge is 0.306 e. The third-order valence-electron chi connectivity index (χ3n) is 10.6. The highest BCUT2D eigenvalue weighted by Crippen LogP contribution is 2.62. The van der Waals surface area contributed by atoms with Crippen LogP contribution in [0.1, 0.15) is 107 Å². The minimum atomic E-state index is -0.374. The van der Waals surface area contributed by atoms with E-state index in [0.717, 1.165) is 49.3 Å². The number of ether oxygens (including phenoxy) is 3. The lowest BCUT2D eigenvalue weighted by Gasteiger charge is -2.56. The lowest BCUT2D eigenvalue weighted by molar-refractivity contribution is -0.155. The van der Waals surface area contributed by atoms with Crippen LogP contribution in [0.5, 0.6) is 11.5 Å². The largest absolute Gasteiger partial charge is 0.485 e. The summed E-state index contributed by atoms with van der Waals surface area (Å²) in [4.78, 5) is 15.6. The highest BCUT2D eigenvalue weighted by molar-refractivity contribution is 5.70. The second-order valence-corrected chi connectivity index (χ2v) is 13.4. The monoisotopic (exact) mass is 585 g/mol. The minimum absolute atomic E-state index is 0.0963. The molecule has 2 aliphatic carbocycles. The van der Waals surface area contributed by atoms with Crippen LogP contribution in [-0.2, 0) is 28.0 Å². The van der Waals surface area contributed by atoms with Crippen LogP contribution in [0, 0.1) is 5.92 Å². The number of hydrogen-bond acceptors (Lipinski definition) is 5. The van der Waals surface area contributed by atoms with E-state index < -0.39 is 0 Å². The third kappa shape index (κ3) is 6.25. The molecule has 2 aliphatic heterocycles. The van der Waals surface area contributed by atoms with Gasteiger partial charge in [0.15, 0.2) is 17.6 Å². The van der Waals surface area contributed by atoms with E-state index in [-0.39, 0.29) is 23.6 Å². The van der Waals surface area contributed by atoms with Crippen molar-refractivity contribution in [3.63, 3.8) is 0 Å². The molecule has 1 fully saturated rings. The van der Waals surface area contributed by atoms with Gasteiger partial charge in [-0.15, -0.1) is 0 Å². The van der Waals surface area contributed by atoms with Crippen LogP contribution < -0.4 is 9.47 Å². The van der Waals surface area contributed by atoms with E-state index in [9.17, 15) is 4.79 Å². The molecule has 4 aliphatic rings. The molecule has 1 saturated heterocycles. The van der Waals surface area contributed by atoms with Gasteiger partial charge in [0.25, 0.3) is 0 Å². The number of piperidine rings is 1. The second kappa shape index (κ2) is 13.9. The van der Waals surface area contributed by atoms with Gasteiger partial charge in [0, 0.05) is 29.4 Å². The molecule has 0 saturated carbocycles. The fourth-order valence-electron chi connectivity index (χ4n) is 8.30. The molecule has 1 spiro atoms. The summed E-state index contributed by atoms with van der Waals surface area (Å²) < 4.78 is 19.5. The number of unbranched alkanes of at least 4 members (excludes halogenated alkanes) is 10. The molecule has 0 N–H and O–H groups in total. The van der Waals surface area contributed by atoms with Crippen LogP contribution >= 0.6 is 0 Å². The molecule has 5 nitrogen and oxygen atoms in total. The molecule has 0 amide bonds. The Hall–Kier alpha value is -2.79. The Bertz CT molecular complexity index is 1260. The highest BCUT2D eigenvalue weighted by Gasteiger charge is 2.65. The molecule has 2 aromatic rings. The number of carbonyl (C=O) groups excluding carboxylic acids is 1. The van der Waals surface area contributed by atoms with Crippen molar-refractivity contribution in [2.24, 2.45) is 5.92 Å². The summed E-state index contributed by atoms with van der Waals surface area (Å²) >= 11 is 0. The first kappa shape index (κ1) is 30.2. The normalized spacial score (nSPS) is 26.6. The molecule has 5 heteroatoms. The molecule has 2 heterocycles. The summed E-state index contributed by atoms with van der Waals surface area (Å²) in [6.07, 6.45) is 20.4. The summed E-state index contributed by atoms with van der Waals surface area (Å²) in [6.45, 7) is 3.78. The Balaban J connectivity index is 1.08. The molecular formula is C38H51NO4.